The van der Waals surface area contributed by atoms with E-state index in [1.54, 1.807) is 30.6 Å². The SMILES string of the molecule is CCN(Cc1ccccc1)S(=O)(=O)c1ccc(Nc2nc(N[C@H]3CC[C@H](O)CC3)nc3c2ncn3CC)cc1. The highest BCUT2D eigenvalue weighted by Crippen LogP contribution is 2.28. The van der Waals surface area contributed by atoms with Crippen LogP contribution in [0.15, 0.2) is 65.8 Å². The van der Waals surface area contributed by atoms with Crippen molar-refractivity contribution in [2.24, 2.45) is 0 Å². The van der Waals surface area contributed by atoms with Gasteiger partial charge >= 0.3 is 0 Å². The van der Waals surface area contributed by atoms with Crippen LogP contribution in [0.3, 0.4) is 0 Å². The van der Waals surface area contributed by atoms with E-state index in [0.29, 0.717) is 48.3 Å². The Morgan fingerprint density at radius 3 is 2.38 bits per heavy atom. The molecule has 2 aromatic carbocycles. The Morgan fingerprint density at radius 2 is 1.72 bits per heavy atom. The van der Waals surface area contributed by atoms with Crippen molar-refractivity contribution in [3.05, 3.63) is 66.5 Å². The normalized spacial score (nSPS) is 17.9. The number of nitrogens with zero attached hydrogens (tertiary/aromatic N) is 5. The molecule has 4 aromatic rings. The summed E-state index contributed by atoms with van der Waals surface area (Å²) in [5.74, 6) is 1.04. The average Bonchev–Trinajstić information content (AvgIpc) is 3.37. The van der Waals surface area contributed by atoms with Gasteiger partial charge in [-0.15, -0.1) is 0 Å². The highest BCUT2D eigenvalue weighted by atomic mass is 32.2. The van der Waals surface area contributed by atoms with Gasteiger partial charge in [-0.1, -0.05) is 37.3 Å². The number of rotatable bonds is 10. The van der Waals surface area contributed by atoms with Crippen molar-refractivity contribution in [2.75, 3.05) is 17.2 Å². The molecule has 5 rings (SSSR count). The molecule has 1 fully saturated rings. The van der Waals surface area contributed by atoms with Gasteiger partial charge in [-0.2, -0.15) is 14.3 Å². The van der Waals surface area contributed by atoms with Crippen LogP contribution in [0.1, 0.15) is 45.1 Å². The van der Waals surface area contributed by atoms with Crippen molar-refractivity contribution < 1.29 is 13.5 Å². The number of fused-ring (bicyclic) bond motifs is 1. The molecule has 0 bridgehead atoms. The van der Waals surface area contributed by atoms with Crippen LogP contribution in [0.5, 0.6) is 0 Å². The molecular formula is C28H35N7O3S. The van der Waals surface area contributed by atoms with Crippen LogP contribution in [0, 0.1) is 0 Å². The molecule has 1 aliphatic carbocycles. The van der Waals surface area contributed by atoms with Gasteiger partial charge in [0.2, 0.25) is 16.0 Å². The van der Waals surface area contributed by atoms with Crippen LogP contribution in [0.4, 0.5) is 17.5 Å². The van der Waals surface area contributed by atoms with Crippen LogP contribution in [-0.4, -0.2) is 56.0 Å². The second-order valence-electron chi connectivity index (χ2n) is 9.81. The minimum atomic E-state index is -3.66. The first-order chi connectivity index (χ1) is 18.9. The van der Waals surface area contributed by atoms with E-state index < -0.39 is 10.0 Å². The standard InChI is InChI=1S/C28H35N7O3S/c1-3-34-19-29-25-26(32-28(33-27(25)34)31-22-10-14-23(36)15-11-22)30-21-12-16-24(17-13-21)39(37,38)35(4-2)18-20-8-6-5-7-9-20/h5-9,12-13,16-17,19,22-23,36H,3-4,10-11,14-15,18H2,1-2H3,(H2,30,31,32,33)/t22-,23-. The summed E-state index contributed by atoms with van der Waals surface area (Å²) >= 11 is 0. The van der Waals surface area contributed by atoms with E-state index >= 15 is 0 Å². The lowest BCUT2D eigenvalue weighted by Crippen LogP contribution is -2.30. The fourth-order valence-electron chi connectivity index (χ4n) is 4.88. The maximum Gasteiger partial charge on any atom is 0.243 e. The molecule has 10 nitrogen and oxygen atoms in total. The molecule has 2 aromatic heterocycles. The summed E-state index contributed by atoms with van der Waals surface area (Å²) in [6.07, 6.45) is 4.73. The van der Waals surface area contributed by atoms with Crippen molar-refractivity contribution in [1.29, 1.82) is 0 Å². The molecule has 0 spiro atoms. The molecular weight excluding hydrogens is 514 g/mol. The number of aromatic nitrogens is 4. The summed E-state index contributed by atoms with van der Waals surface area (Å²) in [6, 6.07) is 16.5. The highest BCUT2D eigenvalue weighted by molar-refractivity contribution is 7.89. The van der Waals surface area contributed by atoms with Gasteiger partial charge in [0, 0.05) is 31.4 Å². The topological polar surface area (TPSA) is 125 Å². The van der Waals surface area contributed by atoms with Gasteiger partial charge in [0.15, 0.2) is 17.0 Å². The summed E-state index contributed by atoms with van der Waals surface area (Å²) in [5, 5.41) is 16.6. The lowest BCUT2D eigenvalue weighted by atomic mass is 9.93. The number of anilines is 3. The maximum atomic E-state index is 13.4. The number of sulfonamides is 1. The zero-order valence-corrected chi connectivity index (χ0v) is 23.1. The minimum absolute atomic E-state index is 0.193. The largest absolute Gasteiger partial charge is 0.393 e. The first kappa shape index (κ1) is 27.0. The Morgan fingerprint density at radius 1 is 1.00 bits per heavy atom. The minimum Gasteiger partial charge on any atom is -0.393 e. The number of benzene rings is 2. The van der Waals surface area contributed by atoms with Gasteiger partial charge in [-0.3, -0.25) is 0 Å². The molecule has 0 aliphatic heterocycles. The molecule has 39 heavy (non-hydrogen) atoms. The van der Waals surface area contributed by atoms with Gasteiger partial charge in [-0.05, 0) is 62.4 Å². The van der Waals surface area contributed by atoms with Crippen LogP contribution in [0.25, 0.3) is 11.2 Å². The van der Waals surface area contributed by atoms with Crippen molar-refractivity contribution in [3.8, 4) is 0 Å². The monoisotopic (exact) mass is 549 g/mol. The van der Waals surface area contributed by atoms with Gasteiger partial charge in [0.1, 0.15) is 0 Å². The number of aliphatic hydroxyl groups excluding tert-OH is 1. The molecule has 3 N–H and O–H groups in total. The molecule has 0 radical (unpaired) electrons. The van der Waals surface area contributed by atoms with Crippen LogP contribution in [-0.2, 0) is 23.1 Å². The number of nitrogens with one attached hydrogen (secondary N) is 2. The lowest BCUT2D eigenvalue weighted by molar-refractivity contribution is 0.126. The molecule has 1 saturated carbocycles. The third-order valence-electron chi connectivity index (χ3n) is 7.14. The molecule has 0 saturated heterocycles. The van der Waals surface area contributed by atoms with Gasteiger partial charge < -0.3 is 20.3 Å². The van der Waals surface area contributed by atoms with Gasteiger partial charge in [-0.25, -0.2) is 13.4 Å². The quantitative estimate of drug-likeness (QED) is 0.264. The predicted molar refractivity (Wildman–Crippen MR) is 152 cm³/mol. The average molecular weight is 550 g/mol. The molecule has 1 aliphatic rings. The summed E-state index contributed by atoms with van der Waals surface area (Å²) in [5.41, 5.74) is 2.98. The van der Waals surface area contributed by atoms with Crippen LogP contribution < -0.4 is 10.6 Å². The van der Waals surface area contributed by atoms with Crippen LogP contribution in [0.2, 0.25) is 0 Å². The molecule has 11 heteroatoms. The number of imidazole rings is 1. The Kier molecular flexibility index (Phi) is 8.10. The first-order valence-corrected chi connectivity index (χ1v) is 14.9. The van der Waals surface area contributed by atoms with E-state index in [4.69, 9.17) is 9.97 Å². The number of hydrogen-bond acceptors (Lipinski definition) is 8. The van der Waals surface area contributed by atoms with Crippen molar-refractivity contribution in [1.82, 2.24) is 23.8 Å². The third kappa shape index (κ3) is 6.05. The Labute approximate surface area is 229 Å². The zero-order chi connectivity index (χ0) is 27.4. The fraction of sp³-hybridized carbons (Fsp3) is 0.393. The summed E-state index contributed by atoms with van der Waals surface area (Å²) in [4.78, 5) is 14.2. The van der Waals surface area contributed by atoms with E-state index in [1.165, 1.54) is 4.31 Å². The van der Waals surface area contributed by atoms with Crippen molar-refractivity contribution in [2.45, 2.75) is 69.7 Å². The Bertz CT molecular complexity index is 1500. The van der Waals surface area contributed by atoms with E-state index in [-0.39, 0.29) is 17.0 Å². The smallest absolute Gasteiger partial charge is 0.243 e. The second-order valence-corrected chi connectivity index (χ2v) is 11.8. The van der Waals surface area contributed by atoms with Crippen molar-refractivity contribution in [3.63, 3.8) is 0 Å². The lowest BCUT2D eigenvalue weighted by Gasteiger charge is -2.26. The highest BCUT2D eigenvalue weighted by Gasteiger charge is 2.24. The van der Waals surface area contributed by atoms with Crippen LogP contribution >= 0.6 is 0 Å². The number of hydrogen-bond donors (Lipinski definition) is 3. The molecule has 0 atom stereocenters. The molecule has 0 amide bonds. The first-order valence-electron chi connectivity index (χ1n) is 13.5. The Balaban J connectivity index is 1.37. The van der Waals surface area contributed by atoms with E-state index in [1.807, 2.05) is 48.7 Å². The summed E-state index contributed by atoms with van der Waals surface area (Å²) in [7, 11) is -3.66. The number of aliphatic hydroxyl groups is 1. The van der Waals surface area contributed by atoms with E-state index in [9.17, 15) is 13.5 Å². The van der Waals surface area contributed by atoms with Gasteiger partial charge in [0.25, 0.3) is 0 Å². The number of aryl methyl sites for hydroxylation is 1. The second kappa shape index (κ2) is 11.7. The summed E-state index contributed by atoms with van der Waals surface area (Å²) in [6.45, 7) is 5.27. The fourth-order valence-corrected chi connectivity index (χ4v) is 6.32. The van der Waals surface area contributed by atoms with Crippen molar-refractivity contribution >= 4 is 38.6 Å². The van der Waals surface area contributed by atoms with E-state index in [2.05, 4.69) is 15.6 Å². The molecule has 0 unspecified atom stereocenters. The maximum absolute atomic E-state index is 13.4. The zero-order valence-electron chi connectivity index (χ0n) is 22.3. The third-order valence-corrected chi connectivity index (χ3v) is 9.08. The molecule has 206 valence electrons. The summed E-state index contributed by atoms with van der Waals surface area (Å²) < 4.78 is 30.1. The van der Waals surface area contributed by atoms with Gasteiger partial charge in [0.05, 0.1) is 17.3 Å². The predicted octanol–water partition coefficient (Wildman–Crippen LogP) is 4.52. The van der Waals surface area contributed by atoms with E-state index in [0.717, 1.165) is 31.2 Å². The Hall–Kier alpha value is -3.54. The molecule has 2 heterocycles.